The summed E-state index contributed by atoms with van der Waals surface area (Å²) in [4.78, 5) is 25.1. The van der Waals surface area contributed by atoms with Gasteiger partial charge in [-0.25, -0.2) is 0 Å². The van der Waals surface area contributed by atoms with E-state index >= 15 is 0 Å². The molecule has 24 heavy (non-hydrogen) atoms. The molecule has 2 amide bonds. The average molecular weight is 345 g/mol. The summed E-state index contributed by atoms with van der Waals surface area (Å²) in [7, 11) is 0. The minimum Gasteiger partial charge on any atom is -0.325 e. The first kappa shape index (κ1) is 18.0. The molecule has 4 nitrogen and oxygen atoms in total. The van der Waals surface area contributed by atoms with Crippen molar-refractivity contribution in [1.29, 1.82) is 0 Å². The van der Waals surface area contributed by atoms with Crippen LogP contribution in [0.5, 0.6) is 0 Å². The summed E-state index contributed by atoms with van der Waals surface area (Å²) >= 11 is 5.97. The highest BCUT2D eigenvalue weighted by molar-refractivity contribution is 6.31. The second-order valence-corrected chi connectivity index (χ2v) is 6.80. The van der Waals surface area contributed by atoms with Crippen LogP contribution in [0.15, 0.2) is 42.5 Å². The summed E-state index contributed by atoms with van der Waals surface area (Å²) in [5, 5.41) is 6.10. The number of hydrogen-bond acceptors (Lipinski definition) is 2. The number of rotatable bonds is 4. The number of carbonyl (C=O) groups excluding carboxylic acids is 2. The molecule has 0 fully saturated rings. The monoisotopic (exact) mass is 344 g/mol. The summed E-state index contributed by atoms with van der Waals surface area (Å²) in [6, 6.07) is 12.7. The number of benzene rings is 2. The Bertz CT molecular complexity index is 785. The third-order valence-corrected chi connectivity index (χ3v) is 4.09. The molecule has 0 aliphatic heterocycles. The van der Waals surface area contributed by atoms with Crippen LogP contribution in [0.25, 0.3) is 0 Å². The van der Waals surface area contributed by atoms with Crippen molar-refractivity contribution in [3.8, 4) is 0 Å². The van der Waals surface area contributed by atoms with Crippen molar-refractivity contribution in [3.63, 3.8) is 0 Å². The van der Waals surface area contributed by atoms with E-state index in [9.17, 15) is 9.59 Å². The smallest absolute Gasteiger partial charge is 0.239 e. The molecule has 0 saturated heterocycles. The number of hydrogen-bond donors (Lipinski definition) is 2. The number of nitrogens with one attached hydrogen (secondary N) is 2. The zero-order valence-electron chi connectivity index (χ0n) is 14.2. The maximum absolute atomic E-state index is 12.6. The molecule has 0 radical (unpaired) electrons. The second kappa shape index (κ2) is 7.05. The van der Waals surface area contributed by atoms with Crippen molar-refractivity contribution in [2.75, 3.05) is 10.6 Å². The number of anilines is 2. The van der Waals surface area contributed by atoms with E-state index < -0.39 is 11.3 Å². The largest absolute Gasteiger partial charge is 0.325 e. The van der Waals surface area contributed by atoms with Crippen molar-refractivity contribution in [2.45, 2.75) is 27.7 Å². The maximum Gasteiger partial charge on any atom is 0.239 e. The normalized spacial score (nSPS) is 11.0. The van der Waals surface area contributed by atoms with Gasteiger partial charge in [0.15, 0.2) is 0 Å². The fourth-order valence-corrected chi connectivity index (χ4v) is 2.29. The minimum atomic E-state index is -1.24. The maximum atomic E-state index is 12.6. The van der Waals surface area contributed by atoms with E-state index in [0.717, 1.165) is 11.1 Å². The van der Waals surface area contributed by atoms with Crippen LogP contribution in [-0.2, 0) is 9.59 Å². The van der Waals surface area contributed by atoms with Crippen LogP contribution in [0.2, 0.25) is 5.02 Å². The van der Waals surface area contributed by atoms with Crippen molar-refractivity contribution < 1.29 is 9.59 Å². The van der Waals surface area contributed by atoms with Crippen LogP contribution in [0, 0.1) is 19.3 Å². The van der Waals surface area contributed by atoms with Gasteiger partial charge >= 0.3 is 0 Å². The first-order valence-electron chi connectivity index (χ1n) is 7.66. The zero-order chi connectivity index (χ0) is 17.9. The Kier molecular flexibility index (Phi) is 5.30. The molecular formula is C19H21ClN2O2. The molecule has 2 aromatic carbocycles. The molecule has 2 N–H and O–H groups in total. The summed E-state index contributed by atoms with van der Waals surface area (Å²) in [6.07, 6.45) is 0. The molecule has 0 aromatic heterocycles. The van der Waals surface area contributed by atoms with E-state index in [4.69, 9.17) is 11.6 Å². The van der Waals surface area contributed by atoms with Gasteiger partial charge in [0.1, 0.15) is 5.41 Å². The van der Waals surface area contributed by atoms with Gasteiger partial charge in [-0.15, -0.1) is 0 Å². The van der Waals surface area contributed by atoms with Crippen LogP contribution in [-0.4, -0.2) is 11.8 Å². The van der Waals surface area contributed by atoms with Gasteiger partial charge < -0.3 is 10.6 Å². The molecule has 5 heteroatoms. The first-order valence-corrected chi connectivity index (χ1v) is 8.03. The molecule has 0 atom stereocenters. The Morgan fingerprint density at radius 1 is 0.958 bits per heavy atom. The Hall–Kier alpha value is -2.33. The third kappa shape index (κ3) is 4.15. The topological polar surface area (TPSA) is 58.2 Å². The Balaban J connectivity index is 2.14. The van der Waals surface area contributed by atoms with Crippen molar-refractivity contribution in [3.05, 3.63) is 58.6 Å². The SMILES string of the molecule is Cc1cccc(NC(=O)C(C)(C)C(=O)Nc2cc(Cl)ccc2C)c1. The quantitative estimate of drug-likeness (QED) is 0.799. The molecule has 2 aromatic rings. The van der Waals surface area contributed by atoms with Crippen molar-refractivity contribution in [1.82, 2.24) is 0 Å². The van der Waals surface area contributed by atoms with Crippen LogP contribution >= 0.6 is 11.6 Å². The molecular weight excluding hydrogens is 324 g/mol. The number of amides is 2. The molecule has 0 heterocycles. The van der Waals surface area contributed by atoms with Crippen molar-refractivity contribution >= 4 is 34.8 Å². The second-order valence-electron chi connectivity index (χ2n) is 6.36. The van der Waals surface area contributed by atoms with Gasteiger partial charge in [0.05, 0.1) is 0 Å². The van der Waals surface area contributed by atoms with Gasteiger partial charge in [-0.3, -0.25) is 9.59 Å². The highest BCUT2D eigenvalue weighted by atomic mass is 35.5. The Morgan fingerprint density at radius 2 is 1.62 bits per heavy atom. The van der Waals surface area contributed by atoms with E-state index in [1.54, 1.807) is 32.0 Å². The molecule has 0 unspecified atom stereocenters. The van der Waals surface area contributed by atoms with Gasteiger partial charge in [0, 0.05) is 16.4 Å². The Morgan fingerprint density at radius 3 is 2.29 bits per heavy atom. The van der Waals surface area contributed by atoms with E-state index in [2.05, 4.69) is 10.6 Å². The standard InChI is InChI=1S/C19H21ClN2O2/c1-12-6-5-7-15(10-12)21-17(23)19(3,4)18(24)22-16-11-14(20)9-8-13(16)2/h5-11H,1-4H3,(H,21,23)(H,22,24). The molecule has 0 bridgehead atoms. The predicted octanol–water partition coefficient (Wildman–Crippen LogP) is 4.56. The van der Waals surface area contributed by atoms with E-state index in [1.807, 2.05) is 38.1 Å². The summed E-state index contributed by atoms with van der Waals surface area (Å²) < 4.78 is 0. The zero-order valence-corrected chi connectivity index (χ0v) is 15.0. The fourth-order valence-electron chi connectivity index (χ4n) is 2.12. The highest BCUT2D eigenvalue weighted by Gasteiger charge is 2.36. The van der Waals surface area contributed by atoms with Crippen LogP contribution < -0.4 is 10.6 Å². The minimum absolute atomic E-state index is 0.370. The lowest BCUT2D eigenvalue weighted by atomic mass is 9.90. The lowest BCUT2D eigenvalue weighted by Gasteiger charge is -2.23. The predicted molar refractivity (Wildman–Crippen MR) is 98.4 cm³/mol. The average Bonchev–Trinajstić information content (AvgIpc) is 2.50. The van der Waals surface area contributed by atoms with E-state index in [1.165, 1.54) is 0 Å². The van der Waals surface area contributed by atoms with Crippen molar-refractivity contribution in [2.24, 2.45) is 5.41 Å². The number of carbonyl (C=O) groups is 2. The van der Waals surface area contributed by atoms with E-state index in [0.29, 0.717) is 16.4 Å². The molecule has 0 saturated carbocycles. The Labute approximate surface area is 147 Å². The fraction of sp³-hybridized carbons (Fsp3) is 0.263. The molecule has 0 spiro atoms. The summed E-state index contributed by atoms with van der Waals surface area (Å²) in [5.41, 5.74) is 1.94. The lowest BCUT2D eigenvalue weighted by Crippen LogP contribution is -2.41. The number of halogens is 1. The van der Waals surface area contributed by atoms with Gasteiger partial charge in [0.2, 0.25) is 11.8 Å². The van der Waals surface area contributed by atoms with Crippen LogP contribution in [0.1, 0.15) is 25.0 Å². The van der Waals surface area contributed by atoms with Gasteiger partial charge in [-0.05, 0) is 63.1 Å². The molecule has 2 rings (SSSR count). The molecule has 126 valence electrons. The first-order chi connectivity index (χ1) is 11.2. The molecule has 0 aliphatic carbocycles. The lowest BCUT2D eigenvalue weighted by molar-refractivity contribution is -0.135. The van der Waals surface area contributed by atoms with Gasteiger partial charge in [-0.1, -0.05) is 29.8 Å². The van der Waals surface area contributed by atoms with Gasteiger partial charge in [-0.2, -0.15) is 0 Å². The highest BCUT2D eigenvalue weighted by Crippen LogP contribution is 2.25. The molecule has 0 aliphatic rings. The van der Waals surface area contributed by atoms with Crippen LogP contribution in [0.3, 0.4) is 0 Å². The summed E-state index contributed by atoms with van der Waals surface area (Å²) in [5.74, 6) is -0.761. The summed E-state index contributed by atoms with van der Waals surface area (Å²) in [6.45, 7) is 6.99. The third-order valence-electron chi connectivity index (χ3n) is 3.86. The number of aryl methyl sites for hydroxylation is 2. The van der Waals surface area contributed by atoms with Crippen LogP contribution in [0.4, 0.5) is 11.4 Å². The van der Waals surface area contributed by atoms with Gasteiger partial charge in [0.25, 0.3) is 0 Å². The van der Waals surface area contributed by atoms with E-state index in [-0.39, 0.29) is 5.91 Å².